The normalized spacial score (nSPS) is 13.1. The Kier molecular flexibility index (Phi) is 4.42. The van der Waals surface area contributed by atoms with Gasteiger partial charge in [-0.05, 0) is 36.4 Å². The Morgan fingerprint density at radius 2 is 1.70 bits per heavy atom. The predicted octanol–water partition coefficient (Wildman–Crippen LogP) is 2.56. The molecule has 1 aromatic heterocycles. The first-order chi connectivity index (χ1) is 13.1. The monoisotopic (exact) mass is 361 g/mol. The van der Waals surface area contributed by atoms with Crippen LogP contribution in [0.5, 0.6) is 0 Å². The Hall–Kier alpha value is -3.48. The molecule has 2 heterocycles. The van der Waals surface area contributed by atoms with Gasteiger partial charge in [-0.2, -0.15) is 0 Å². The van der Waals surface area contributed by atoms with Crippen LogP contribution in [0.3, 0.4) is 0 Å². The molecule has 0 atom stereocenters. The predicted molar refractivity (Wildman–Crippen MR) is 101 cm³/mol. The number of fused-ring (bicyclic) bond motifs is 1. The van der Waals surface area contributed by atoms with Crippen molar-refractivity contribution in [1.82, 2.24) is 19.7 Å². The Labute approximate surface area is 156 Å². The summed E-state index contributed by atoms with van der Waals surface area (Å²) in [6.07, 6.45) is 0. The molecule has 27 heavy (non-hydrogen) atoms. The summed E-state index contributed by atoms with van der Waals surface area (Å²) < 4.78 is 2.04. The minimum atomic E-state index is -0.106. The number of hydrogen-bond acceptors (Lipinski definition) is 4. The van der Waals surface area contributed by atoms with Gasteiger partial charge in [0, 0.05) is 36.8 Å². The van der Waals surface area contributed by atoms with Gasteiger partial charge in [-0.3, -0.25) is 9.59 Å². The van der Waals surface area contributed by atoms with Crippen molar-refractivity contribution in [2.24, 2.45) is 0 Å². The molecule has 0 spiro atoms. The van der Waals surface area contributed by atoms with Gasteiger partial charge in [0.25, 0.3) is 5.91 Å². The average molecular weight is 361 g/mol. The highest BCUT2D eigenvalue weighted by Crippen LogP contribution is 2.24. The van der Waals surface area contributed by atoms with Gasteiger partial charge >= 0.3 is 0 Å². The molecule has 0 bridgehead atoms. The smallest absolute Gasteiger partial charge is 0.254 e. The Balaban J connectivity index is 1.53. The maximum Gasteiger partial charge on any atom is 0.254 e. The van der Waals surface area contributed by atoms with Gasteiger partial charge in [0.15, 0.2) is 11.6 Å². The molecule has 7 heteroatoms. The van der Waals surface area contributed by atoms with Crippen molar-refractivity contribution in [2.75, 3.05) is 11.9 Å². The zero-order valence-corrected chi connectivity index (χ0v) is 14.9. The highest BCUT2D eigenvalue weighted by Gasteiger charge is 2.25. The Bertz CT molecular complexity index is 979. The lowest BCUT2D eigenvalue weighted by molar-refractivity contribution is -0.114. The first-order valence-corrected chi connectivity index (χ1v) is 8.76. The van der Waals surface area contributed by atoms with E-state index in [1.165, 1.54) is 6.92 Å². The fraction of sp³-hybridized carbons (Fsp3) is 0.200. The van der Waals surface area contributed by atoms with Crippen molar-refractivity contribution < 1.29 is 9.59 Å². The lowest BCUT2D eigenvalue weighted by Crippen LogP contribution is -2.38. The molecule has 4 rings (SSSR count). The number of carbonyl (C=O) groups excluding carboxylic acids is 2. The van der Waals surface area contributed by atoms with Crippen LogP contribution in [0.25, 0.3) is 11.4 Å². The number of aromatic nitrogens is 3. The summed E-state index contributed by atoms with van der Waals surface area (Å²) in [5, 5.41) is 11.3. The Morgan fingerprint density at radius 1 is 0.963 bits per heavy atom. The van der Waals surface area contributed by atoms with Gasteiger partial charge in [0.1, 0.15) is 0 Å². The minimum Gasteiger partial charge on any atom is -0.329 e. The second kappa shape index (κ2) is 7.03. The van der Waals surface area contributed by atoms with Crippen molar-refractivity contribution in [3.8, 4) is 11.4 Å². The molecule has 1 aliphatic rings. The quantitative estimate of drug-likeness (QED) is 0.777. The number of hydrogen-bond donors (Lipinski definition) is 1. The number of amides is 2. The van der Waals surface area contributed by atoms with Crippen molar-refractivity contribution in [1.29, 1.82) is 0 Å². The van der Waals surface area contributed by atoms with E-state index in [1.54, 1.807) is 4.90 Å². The molecule has 0 fully saturated rings. The lowest BCUT2D eigenvalue weighted by Gasteiger charge is -2.28. The molecule has 0 radical (unpaired) electrons. The van der Waals surface area contributed by atoms with Gasteiger partial charge in [-0.25, -0.2) is 0 Å². The van der Waals surface area contributed by atoms with E-state index in [1.807, 2.05) is 59.2 Å². The van der Waals surface area contributed by atoms with Gasteiger partial charge in [0.05, 0.1) is 6.54 Å². The van der Waals surface area contributed by atoms with Crippen LogP contribution in [0.1, 0.15) is 23.1 Å². The molecule has 2 amide bonds. The number of rotatable bonds is 3. The lowest BCUT2D eigenvalue weighted by atomic mass is 10.1. The summed E-state index contributed by atoms with van der Waals surface area (Å²) in [4.78, 5) is 25.6. The molecule has 0 saturated heterocycles. The second-order valence-corrected chi connectivity index (χ2v) is 6.44. The van der Waals surface area contributed by atoms with Crippen molar-refractivity contribution in [2.45, 2.75) is 20.0 Å². The van der Waals surface area contributed by atoms with Gasteiger partial charge < -0.3 is 14.8 Å². The molecule has 7 nitrogen and oxygen atoms in total. The average Bonchev–Trinajstić information content (AvgIpc) is 3.11. The SMILES string of the molecule is CC(=O)Nc1ccc(-c2nnc3n2CCN(C(=O)c2ccccc2)C3)cc1. The number of anilines is 1. The van der Waals surface area contributed by atoms with Crippen LogP contribution in [0.4, 0.5) is 5.69 Å². The number of carbonyl (C=O) groups is 2. The van der Waals surface area contributed by atoms with Crippen molar-refractivity contribution in [3.05, 3.63) is 66.0 Å². The molecule has 0 aliphatic carbocycles. The second-order valence-electron chi connectivity index (χ2n) is 6.44. The first-order valence-electron chi connectivity index (χ1n) is 8.76. The third kappa shape index (κ3) is 3.44. The molecule has 3 aromatic rings. The molecular weight excluding hydrogens is 342 g/mol. The van der Waals surface area contributed by atoms with Crippen LogP contribution in [0.2, 0.25) is 0 Å². The van der Waals surface area contributed by atoms with E-state index in [9.17, 15) is 9.59 Å². The third-order valence-corrected chi connectivity index (χ3v) is 4.52. The maximum atomic E-state index is 12.6. The Morgan fingerprint density at radius 3 is 2.41 bits per heavy atom. The highest BCUT2D eigenvalue weighted by atomic mass is 16.2. The fourth-order valence-corrected chi connectivity index (χ4v) is 3.21. The van der Waals surface area contributed by atoms with Crippen LogP contribution < -0.4 is 5.32 Å². The summed E-state index contributed by atoms with van der Waals surface area (Å²) in [6.45, 7) is 3.16. The maximum absolute atomic E-state index is 12.6. The van der Waals surface area contributed by atoms with Gasteiger partial charge in [-0.1, -0.05) is 18.2 Å². The van der Waals surface area contributed by atoms with Gasteiger partial charge in [-0.15, -0.1) is 10.2 Å². The van der Waals surface area contributed by atoms with Crippen molar-refractivity contribution >= 4 is 17.5 Å². The van der Waals surface area contributed by atoms with E-state index < -0.39 is 0 Å². The van der Waals surface area contributed by atoms with E-state index in [0.29, 0.717) is 25.2 Å². The number of benzene rings is 2. The molecular formula is C20H19N5O2. The summed E-state index contributed by atoms with van der Waals surface area (Å²) in [5.74, 6) is 1.44. The van der Waals surface area contributed by atoms with Crippen LogP contribution in [0.15, 0.2) is 54.6 Å². The highest BCUT2D eigenvalue weighted by molar-refractivity contribution is 5.94. The van der Waals surface area contributed by atoms with E-state index in [0.717, 1.165) is 22.9 Å². The zero-order valence-electron chi connectivity index (χ0n) is 14.9. The molecule has 136 valence electrons. The van der Waals surface area contributed by atoms with E-state index in [-0.39, 0.29) is 11.8 Å². The van der Waals surface area contributed by atoms with E-state index in [2.05, 4.69) is 15.5 Å². The van der Waals surface area contributed by atoms with Crippen LogP contribution >= 0.6 is 0 Å². The summed E-state index contributed by atoms with van der Waals surface area (Å²) >= 11 is 0. The van der Waals surface area contributed by atoms with E-state index >= 15 is 0 Å². The standard InChI is InChI=1S/C20H19N5O2/c1-14(26)21-17-9-7-15(8-10-17)19-23-22-18-13-24(11-12-25(18)19)20(27)16-5-3-2-4-6-16/h2-10H,11-13H2,1H3,(H,21,26). The third-order valence-electron chi connectivity index (χ3n) is 4.52. The van der Waals surface area contributed by atoms with Crippen LogP contribution in [0, 0.1) is 0 Å². The first kappa shape index (κ1) is 17.0. The summed E-state index contributed by atoms with van der Waals surface area (Å²) in [5.41, 5.74) is 2.34. The molecule has 0 saturated carbocycles. The zero-order chi connectivity index (χ0) is 18.8. The molecule has 1 aliphatic heterocycles. The largest absolute Gasteiger partial charge is 0.329 e. The number of nitrogens with zero attached hydrogens (tertiary/aromatic N) is 4. The summed E-state index contributed by atoms with van der Waals surface area (Å²) in [6, 6.07) is 16.8. The van der Waals surface area contributed by atoms with Crippen molar-refractivity contribution in [3.63, 3.8) is 0 Å². The topological polar surface area (TPSA) is 80.1 Å². The van der Waals surface area contributed by atoms with E-state index in [4.69, 9.17) is 0 Å². The minimum absolute atomic E-state index is 0.00561. The number of nitrogens with one attached hydrogen (secondary N) is 1. The van der Waals surface area contributed by atoms with Crippen LogP contribution in [-0.4, -0.2) is 38.0 Å². The molecule has 1 N–H and O–H groups in total. The van der Waals surface area contributed by atoms with Crippen LogP contribution in [-0.2, 0) is 17.9 Å². The fourth-order valence-electron chi connectivity index (χ4n) is 3.21. The molecule has 2 aromatic carbocycles. The molecule has 0 unspecified atom stereocenters. The summed E-state index contributed by atoms with van der Waals surface area (Å²) in [7, 11) is 0. The van der Waals surface area contributed by atoms with Gasteiger partial charge in [0.2, 0.25) is 5.91 Å².